The Morgan fingerprint density at radius 1 is 1.16 bits per heavy atom. The van der Waals surface area contributed by atoms with Crippen LogP contribution in [0.3, 0.4) is 0 Å². The number of hydrogen-bond acceptors (Lipinski definition) is 4. The largest absolute Gasteiger partial charge is 0.497 e. The molecule has 8 heteroatoms. The van der Waals surface area contributed by atoms with E-state index in [1.807, 2.05) is 38.1 Å². The Balaban J connectivity index is 2.17. The van der Waals surface area contributed by atoms with Crippen molar-refractivity contribution in [1.29, 1.82) is 0 Å². The summed E-state index contributed by atoms with van der Waals surface area (Å²) >= 11 is 9.52. The highest BCUT2D eigenvalue weighted by Gasteiger charge is 2.27. The SMILES string of the molecule is CCC(C)NC(=O)C(C)N(Cc1ccc(OC)cc1)C(=O)COc1ccc(Br)cc1Cl. The van der Waals surface area contributed by atoms with E-state index >= 15 is 0 Å². The van der Waals surface area contributed by atoms with Crippen LogP contribution in [0.15, 0.2) is 46.9 Å². The Bertz CT molecular complexity index is 892. The topological polar surface area (TPSA) is 67.9 Å². The predicted octanol–water partition coefficient (Wildman–Crippen LogP) is 4.82. The van der Waals surface area contributed by atoms with Gasteiger partial charge >= 0.3 is 0 Å². The number of amides is 2. The minimum absolute atomic E-state index is 0.0192. The Morgan fingerprint density at radius 3 is 2.42 bits per heavy atom. The van der Waals surface area contributed by atoms with Crippen LogP contribution in [-0.2, 0) is 16.1 Å². The van der Waals surface area contributed by atoms with Gasteiger partial charge in [0.25, 0.3) is 5.91 Å². The molecule has 2 aromatic rings. The predicted molar refractivity (Wildman–Crippen MR) is 126 cm³/mol. The molecule has 0 saturated heterocycles. The quantitative estimate of drug-likeness (QED) is 0.496. The Kier molecular flexibility index (Phi) is 9.65. The lowest BCUT2D eigenvalue weighted by Crippen LogP contribution is -2.50. The van der Waals surface area contributed by atoms with Gasteiger partial charge in [-0.15, -0.1) is 0 Å². The van der Waals surface area contributed by atoms with Gasteiger partial charge in [0.2, 0.25) is 5.91 Å². The molecule has 2 atom stereocenters. The van der Waals surface area contributed by atoms with Gasteiger partial charge in [0, 0.05) is 17.1 Å². The second kappa shape index (κ2) is 12.0. The second-order valence-electron chi connectivity index (χ2n) is 7.23. The molecule has 2 unspecified atom stereocenters. The van der Waals surface area contributed by atoms with Crippen molar-refractivity contribution in [1.82, 2.24) is 10.2 Å². The van der Waals surface area contributed by atoms with Gasteiger partial charge in [0.15, 0.2) is 6.61 Å². The molecule has 168 valence electrons. The molecule has 6 nitrogen and oxygen atoms in total. The lowest BCUT2D eigenvalue weighted by molar-refractivity contribution is -0.142. The first-order valence-corrected chi connectivity index (χ1v) is 11.2. The molecule has 2 aromatic carbocycles. The van der Waals surface area contributed by atoms with E-state index in [-0.39, 0.29) is 31.0 Å². The number of methoxy groups -OCH3 is 1. The fourth-order valence-corrected chi connectivity index (χ4v) is 3.52. The summed E-state index contributed by atoms with van der Waals surface area (Å²) in [6, 6.07) is 11.9. The average molecular weight is 512 g/mol. The summed E-state index contributed by atoms with van der Waals surface area (Å²) in [4.78, 5) is 27.3. The maximum Gasteiger partial charge on any atom is 0.261 e. The summed E-state index contributed by atoms with van der Waals surface area (Å²) in [6.07, 6.45) is 0.802. The van der Waals surface area contributed by atoms with Gasteiger partial charge in [-0.05, 0) is 56.2 Å². The summed E-state index contributed by atoms with van der Waals surface area (Å²) in [6.45, 7) is 5.66. The molecule has 0 aromatic heterocycles. The fraction of sp³-hybridized carbons (Fsp3) is 0.391. The molecule has 0 fully saturated rings. The lowest BCUT2D eigenvalue weighted by atomic mass is 10.1. The van der Waals surface area contributed by atoms with Crippen molar-refractivity contribution in [2.24, 2.45) is 0 Å². The minimum atomic E-state index is -0.674. The highest BCUT2D eigenvalue weighted by atomic mass is 79.9. The van der Waals surface area contributed by atoms with Gasteiger partial charge in [-0.1, -0.05) is 46.6 Å². The summed E-state index contributed by atoms with van der Waals surface area (Å²) < 4.78 is 11.6. The third kappa shape index (κ3) is 7.43. The van der Waals surface area contributed by atoms with Crippen molar-refractivity contribution in [3.8, 4) is 11.5 Å². The van der Waals surface area contributed by atoms with Crippen LogP contribution in [0.25, 0.3) is 0 Å². The van der Waals surface area contributed by atoms with E-state index in [0.717, 1.165) is 22.2 Å². The van der Waals surface area contributed by atoms with Crippen molar-refractivity contribution in [3.05, 3.63) is 57.5 Å². The average Bonchev–Trinajstić information content (AvgIpc) is 2.76. The molecule has 0 saturated carbocycles. The smallest absolute Gasteiger partial charge is 0.261 e. The molecular weight excluding hydrogens is 484 g/mol. The maximum absolute atomic E-state index is 13.1. The molecule has 0 spiro atoms. The molecule has 0 bridgehead atoms. The van der Waals surface area contributed by atoms with Gasteiger partial charge in [-0.3, -0.25) is 9.59 Å². The van der Waals surface area contributed by atoms with E-state index in [4.69, 9.17) is 21.1 Å². The van der Waals surface area contributed by atoms with E-state index in [0.29, 0.717) is 10.8 Å². The third-order valence-corrected chi connectivity index (χ3v) is 5.71. The van der Waals surface area contributed by atoms with Gasteiger partial charge in [0.05, 0.1) is 12.1 Å². The molecule has 0 heterocycles. The zero-order valence-electron chi connectivity index (χ0n) is 18.2. The van der Waals surface area contributed by atoms with E-state index in [1.165, 1.54) is 4.90 Å². The Hall–Kier alpha value is -2.25. The zero-order chi connectivity index (χ0) is 23.0. The minimum Gasteiger partial charge on any atom is -0.497 e. The number of nitrogens with zero attached hydrogens (tertiary/aromatic N) is 1. The van der Waals surface area contributed by atoms with Crippen LogP contribution in [0.1, 0.15) is 32.8 Å². The van der Waals surface area contributed by atoms with Crippen LogP contribution in [0.2, 0.25) is 5.02 Å². The van der Waals surface area contributed by atoms with Crippen molar-refractivity contribution < 1.29 is 19.1 Å². The number of rotatable bonds is 10. The number of benzene rings is 2. The molecule has 0 aliphatic rings. The molecule has 0 radical (unpaired) electrons. The highest BCUT2D eigenvalue weighted by molar-refractivity contribution is 9.10. The van der Waals surface area contributed by atoms with Crippen LogP contribution in [-0.4, -0.2) is 42.5 Å². The van der Waals surface area contributed by atoms with E-state index in [2.05, 4.69) is 21.2 Å². The fourth-order valence-electron chi connectivity index (χ4n) is 2.79. The summed E-state index contributed by atoms with van der Waals surface area (Å²) in [7, 11) is 1.59. The van der Waals surface area contributed by atoms with Crippen molar-refractivity contribution in [3.63, 3.8) is 0 Å². The maximum atomic E-state index is 13.1. The number of halogens is 2. The summed E-state index contributed by atoms with van der Waals surface area (Å²) in [5, 5.41) is 3.33. The number of ether oxygens (including phenoxy) is 2. The highest BCUT2D eigenvalue weighted by Crippen LogP contribution is 2.27. The molecule has 0 aliphatic carbocycles. The number of hydrogen-bond donors (Lipinski definition) is 1. The van der Waals surface area contributed by atoms with Crippen LogP contribution < -0.4 is 14.8 Å². The molecule has 2 amide bonds. The zero-order valence-corrected chi connectivity index (χ0v) is 20.5. The van der Waals surface area contributed by atoms with Gasteiger partial charge in [-0.2, -0.15) is 0 Å². The first-order chi connectivity index (χ1) is 14.7. The Labute approximate surface area is 197 Å². The van der Waals surface area contributed by atoms with Gasteiger partial charge in [0.1, 0.15) is 17.5 Å². The standard InChI is InChI=1S/C23H28BrClN2O4/c1-5-15(2)26-23(29)16(3)27(13-17-6-9-19(30-4)10-7-17)22(28)14-31-21-11-8-18(24)12-20(21)25/h6-12,15-16H,5,13-14H2,1-4H3,(H,26,29). The first kappa shape index (κ1) is 25.0. The monoisotopic (exact) mass is 510 g/mol. The molecule has 31 heavy (non-hydrogen) atoms. The second-order valence-corrected chi connectivity index (χ2v) is 8.55. The van der Waals surface area contributed by atoms with E-state index in [9.17, 15) is 9.59 Å². The number of nitrogens with one attached hydrogen (secondary N) is 1. The van der Waals surface area contributed by atoms with Gasteiger partial charge in [-0.25, -0.2) is 0 Å². The van der Waals surface area contributed by atoms with Crippen molar-refractivity contribution >= 4 is 39.3 Å². The molecular formula is C23H28BrClN2O4. The molecule has 0 aliphatic heterocycles. The van der Waals surface area contributed by atoms with Crippen molar-refractivity contribution in [2.75, 3.05) is 13.7 Å². The molecule has 1 N–H and O–H groups in total. The first-order valence-electron chi connectivity index (χ1n) is 10.1. The lowest BCUT2D eigenvalue weighted by Gasteiger charge is -2.29. The van der Waals surface area contributed by atoms with E-state index < -0.39 is 6.04 Å². The van der Waals surface area contributed by atoms with Crippen LogP contribution >= 0.6 is 27.5 Å². The third-order valence-electron chi connectivity index (χ3n) is 4.93. The Morgan fingerprint density at radius 2 is 1.84 bits per heavy atom. The van der Waals surface area contributed by atoms with Crippen LogP contribution in [0.4, 0.5) is 0 Å². The van der Waals surface area contributed by atoms with Crippen molar-refractivity contribution in [2.45, 2.75) is 45.8 Å². The van der Waals surface area contributed by atoms with E-state index in [1.54, 1.807) is 32.2 Å². The van der Waals surface area contributed by atoms with Crippen LogP contribution in [0.5, 0.6) is 11.5 Å². The number of carbonyl (C=O) groups is 2. The number of carbonyl (C=O) groups excluding carboxylic acids is 2. The normalized spacial score (nSPS) is 12.6. The summed E-state index contributed by atoms with van der Waals surface area (Å²) in [5.74, 6) is 0.594. The van der Waals surface area contributed by atoms with Crippen LogP contribution in [0, 0.1) is 0 Å². The summed E-state index contributed by atoms with van der Waals surface area (Å²) in [5.41, 5.74) is 0.874. The van der Waals surface area contributed by atoms with Gasteiger partial charge < -0.3 is 19.7 Å². The molecule has 2 rings (SSSR count).